The first-order valence-electron chi connectivity index (χ1n) is 9.31. The number of carbonyl (C=O) groups is 2. The predicted octanol–water partition coefficient (Wildman–Crippen LogP) is 1.84. The smallest absolute Gasteiger partial charge is 0.254 e. The van der Waals surface area contributed by atoms with E-state index in [1.165, 1.54) is 0 Å². The highest BCUT2D eigenvalue weighted by molar-refractivity contribution is 5.96. The van der Waals surface area contributed by atoms with E-state index in [2.05, 4.69) is 0 Å². The number of aliphatic hydroxyl groups is 1. The first-order chi connectivity index (χ1) is 12.5. The minimum atomic E-state index is -0.0518. The van der Waals surface area contributed by atoms with E-state index in [9.17, 15) is 14.7 Å². The Labute approximate surface area is 154 Å². The molecule has 2 fully saturated rings. The third-order valence-corrected chi connectivity index (χ3v) is 5.80. The zero-order chi connectivity index (χ0) is 18.7. The van der Waals surface area contributed by atoms with E-state index in [1.807, 2.05) is 30.0 Å². The van der Waals surface area contributed by atoms with E-state index in [-0.39, 0.29) is 23.8 Å². The molecule has 26 heavy (non-hydrogen) atoms. The normalized spacial score (nSPS) is 23.4. The average molecular weight is 360 g/mol. The van der Waals surface area contributed by atoms with E-state index in [0.717, 1.165) is 37.1 Å². The van der Waals surface area contributed by atoms with Gasteiger partial charge in [0.2, 0.25) is 5.91 Å². The molecule has 2 amide bonds. The Morgan fingerprint density at radius 3 is 2.85 bits per heavy atom. The van der Waals surface area contributed by atoms with Crippen LogP contribution in [0.1, 0.15) is 41.6 Å². The fraction of sp³-hybridized carbons (Fsp3) is 0.600. The molecule has 1 aromatic rings. The lowest BCUT2D eigenvalue weighted by Crippen LogP contribution is -2.55. The highest BCUT2D eigenvalue weighted by Crippen LogP contribution is 2.39. The molecule has 2 aliphatic rings. The second-order valence-electron chi connectivity index (χ2n) is 7.50. The quantitative estimate of drug-likeness (QED) is 0.889. The number of amides is 2. The van der Waals surface area contributed by atoms with Crippen LogP contribution in [0.4, 0.5) is 0 Å². The van der Waals surface area contributed by atoms with Crippen molar-refractivity contribution >= 4 is 11.8 Å². The van der Waals surface area contributed by atoms with Crippen LogP contribution in [0.15, 0.2) is 18.2 Å². The van der Waals surface area contributed by atoms with Gasteiger partial charge < -0.3 is 19.6 Å². The van der Waals surface area contributed by atoms with Crippen molar-refractivity contribution in [2.24, 2.45) is 5.41 Å². The molecule has 6 heteroatoms. The average Bonchev–Trinajstić information content (AvgIpc) is 2.65. The Hall–Kier alpha value is -2.08. The van der Waals surface area contributed by atoms with Crippen LogP contribution >= 0.6 is 0 Å². The molecular weight excluding hydrogens is 332 g/mol. The van der Waals surface area contributed by atoms with Gasteiger partial charge in [0, 0.05) is 49.1 Å². The van der Waals surface area contributed by atoms with Crippen molar-refractivity contribution < 1.29 is 19.4 Å². The molecule has 0 bridgehead atoms. The summed E-state index contributed by atoms with van der Waals surface area (Å²) in [7, 11) is 1.61. The molecule has 1 atom stereocenters. The molecular formula is C20H28N2O4. The molecule has 1 unspecified atom stereocenters. The molecule has 2 saturated heterocycles. The summed E-state index contributed by atoms with van der Waals surface area (Å²) >= 11 is 0. The third-order valence-electron chi connectivity index (χ3n) is 5.80. The lowest BCUT2D eigenvalue weighted by molar-refractivity contribution is -0.139. The highest BCUT2D eigenvalue weighted by atomic mass is 16.5. The maximum atomic E-state index is 13.1. The van der Waals surface area contributed by atoms with Gasteiger partial charge in [0.15, 0.2) is 0 Å². The van der Waals surface area contributed by atoms with Gasteiger partial charge in [-0.3, -0.25) is 9.59 Å². The molecule has 3 rings (SSSR count). The molecule has 1 N–H and O–H groups in total. The van der Waals surface area contributed by atoms with Gasteiger partial charge in [-0.2, -0.15) is 0 Å². The second kappa shape index (κ2) is 7.66. The van der Waals surface area contributed by atoms with Crippen LogP contribution in [0.2, 0.25) is 0 Å². The summed E-state index contributed by atoms with van der Waals surface area (Å²) in [6, 6.07) is 5.56. The highest BCUT2D eigenvalue weighted by Gasteiger charge is 2.42. The number of carbonyl (C=O) groups excluding carboxylic acids is 2. The number of benzene rings is 1. The van der Waals surface area contributed by atoms with E-state index < -0.39 is 0 Å². The molecule has 6 nitrogen and oxygen atoms in total. The number of aliphatic hydroxyl groups excluding tert-OH is 1. The molecule has 1 spiro atoms. The first kappa shape index (κ1) is 18.7. The Morgan fingerprint density at radius 2 is 2.12 bits per heavy atom. The topological polar surface area (TPSA) is 70.1 Å². The van der Waals surface area contributed by atoms with Gasteiger partial charge in [0.1, 0.15) is 5.75 Å². The summed E-state index contributed by atoms with van der Waals surface area (Å²) < 4.78 is 5.35. The number of hydrogen-bond acceptors (Lipinski definition) is 4. The van der Waals surface area contributed by atoms with Crippen molar-refractivity contribution in [2.45, 2.75) is 32.6 Å². The molecule has 0 radical (unpaired) electrons. The Bertz CT molecular complexity index is 690. The van der Waals surface area contributed by atoms with Crippen molar-refractivity contribution in [3.63, 3.8) is 0 Å². The van der Waals surface area contributed by atoms with E-state index in [0.29, 0.717) is 31.6 Å². The summed E-state index contributed by atoms with van der Waals surface area (Å²) in [5.41, 5.74) is 1.49. The van der Waals surface area contributed by atoms with Crippen LogP contribution in [-0.4, -0.2) is 66.6 Å². The van der Waals surface area contributed by atoms with Crippen molar-refractivity contribution in [3.8, 4) is 5.75 Å². The van der Waals surface area contributed by atoms with Crippen molar-refractivity contribution in [2.75, 3.05) is 39.9 Å². The number of nitrogens with zero attached hydrogens (tertiary/aromatic N) is 2. The van der Waals surface area contributed by atoms with E-state index >= 15 is 0 Å². The monoisotopic (exact) mass is 360 g/mol. The molecule has 0 aliphatic carbocycles. The molecule has 142 valence electrons. The lowest BCUT2D eigenvalue weighted by atomic mass is 9.73. The minimum absolute atomic E-state index is 0.0204. The van der Waals surface area contributed by atoms with Crippen LogP contribution in [0.3, 0.4) is 0 Å². The van der Waals surface area contributed by atoms with Crippen molar-refractivity contribution in [3.05, 3.63) is 29.3 Å². The molecule has 1 aromatic carbocycles. The lowest BCUT2D eigenvalue weighted by Gasteiger charge is -2.48. The van der Waals surface area contributed by atoms with E-state index in [4.69, 9.17) is 4.74 Å². The Kier molecular flexibility index (Phi) is 5.51. The number of likely N-dealkylation sites (tertiary alicyclic amines) is 2. The van der Waals surface area contributed by atoms with Gasteiger partial charge >= 0.3 is 0 Å². The van der Waals surface area contributed by atoms with Crippen LogP contribution in [0.25, 0.3) is 0 Å². The number of hydrogen-bond donors (Lipinski definition) is 1. The fourth-order valence-electron chi connectivity index (χ4n) is 4.38. The van der Waals surface area contributed by atoms with Crippen LogP contribution in [0.5, 0.6) is 5.75 Å². The van der Waals surface area contributed by atoms with Crippen LogP contribution in [0, 0.1) is 12.3 Å². The van der Waals surface area contributed by atoms with Gasteiger partial charge in [-0.05, 0) is 38.3 Å². The summed E-state index contributed by atoms with van der Waals surface area (Å²) in [6.07, 6.45) is 3.27. The second-order valence-corrected chi connectivity index (χ2v) is 7.50. The molecule has 0 aromatic heterocycles. The fourth-order valence-corrected chi connectivity index (χ4v) is 4.38. The largest absolute Gasteiger partial charge is 0.496 e. The Balaban J connectivity index is 1.78. The van der Waals surface area contributed by atoms with Crippen LogP contribution < -0.4 is 4.74 Å². The van der Waals surface area contributed by atoms with Gasteiger partial charge in [0.05, 0.1) is 13.7 Å². The Morgan fingerprint density at radius 1 is 1.31 bits per heavy atom. The molecule has 2 aliphatic heterocycles. The third kappa shape index (κ3) is 3.56. The summed E-state index contributed by atoms with van der Waals surface area (Å²) in [5, 5.41) is 9.22. The van der Waals surface area contributed by atoms with Gasteiger partial charge in [-0.15, -0.1) is 0 Å². The molecule has 0 saturated carbocycles. The number of rotatable bonds is 4. The zero-order valence-corrected chi connectivity index (χ0v) is 15.7. The SMILES string of the molecule is COc1cccc(C(=O)N2CCCC3(CCC(=O)N(CCO)C3)C2)c1C. The number of ether oxygens (including phenoxy) is 1. The molecule has 2 heterocycles. The maximum absolute atomic E-state index is 13.1. The maximum Gasteiger partial charge on any atom is 0.254 e. The minimum Gasteiger partial charge on any atom is -0.496 e. The van der Waals surface area contributed by atoms with Gasteiger partial charge in [-0.25, -0.2) is 0 Å². The van der Waals surface area contributed by atoms with Gasteiger partial charge in [-0.1, -0.05) is 6.07 Å². The predicted molar refractivity (Wildman–Crippen MR) is 98.2 cm³/mol. The summed E-state index contributed by atoms with van der Waals surface area (Å²) in [6.45, 7) is 4.31. The number of methoxy groups -OCH3 is 1. The summed E-state index contributed by atoms with van der Waals surface area (Å²) in [5.74, 6) is 0.864. The van der Waals surface area contributed by atoms with E-state index in [1.54, 1.807) is 12.0 Å². The van der Waals surface area contributed by atoms with Gasteiger partial charge in [0.25, 0.3) is 5.91 Å². The summed E-state index contributed by atoms with van der Waals surface area (Å²) in [4.78, 5) is 28.9. The standard InChI is InChI=1S/C20H28N2O4/c1-15-16(5-3-6-17(15)26-2)19(25)22-10-4-8-20(14-22)9-7-18(24)21(13-20)11-12-23/h3,5-6,23H,4,7-14H2,1-2H3. The number of β-amino-alcohol motifs (C(OH)–C–C–N with tert-alkyl or cyclic N) is 1. The zero-order valence-electron chi connectivity index (χ0n) is 15.7. The van der Waals surface area contributed by atoms with Crippen molar-refractivity contribution in [1.29, 1.82) is 0 Å². The first-order valence-corrected chi connectivity index (χ1v) is 9.31. The van der Waals surface area contributed by atoms with Crippen molar-refractivity contribution in [1.82, 2.24) is 9.80 Å². The number of piperidine rings is 2. The van der Waals surface area contributed by atoms with Crippen LogP contribution in [-0.2, 0) is 4.79 Å².